The van der Waals surface area contributed by atoms with Crippen molar-refractivity contribution < 1.29 is 28.2 Å². The lowest BCUT2D eigenvalue weighted by molar-refractivity contribution is -0.129. The van der Waals surface area contributed by atoms with Gasteiger partial charge in [0, 0.05) is 53.8 Å². The van der Waals surface area contributed by atoms with Crippen molar-refractivity contribution in [3.63, 3.8) is 0 Å². The van der Waals surface area contributed by atoms with Crippen LogP contribution in [0, 0.1) is 11.6 Å². The van der Waals surface area contributed by atoms with Gasteiger partial charge in [-0.05, 0) is 47.5 Å². The van der Waals surface area contributed by atoms with Crippen LogP contribution < -0.4 is 10.1 Å². The second-order valence-electron chi connectivity index (χ2n) is 8.99. The van der Waals surface area contributed by atoms with Gasteiger partial charge in [0.15, 0.2) is 11.6 Å². The average molecular weight is 548 g/mol. The van der Waals surface area contributed by atoms with E-state index in [0.29, 0.717) is 29.9 Å². The zero-order chi connectivity index (χ0) is 28.5. The summed E-state index contributed by atoms with van der Waals surface area (Å²) in [6, 6.07) is 16.6. The first-order valence-electron chi connectivity index (χ1n) is 12.5. The second-order valence-corrected chi connectivity index (χ2v) is 8.99. The van der Waals surface area contributed by atoms with E-state index >= 15 is 0 Å². The Morgan fingerprint density at radius 2 is 1.93 bits per heavy atom. The van der Waals surface area contributed by atoms with Crippen molar-refractivity contribution in [2.75, 3.05) is 13.2 Å². The summed E-state index contributed by atoms with van der Waals surface area (Å²) >= 11 is 0. The zero-order valence-electron chi connectivity index (χ0n) is 21.5. The van der Waals surface area contributed by atoms with Gasteiger partial charge in [0.25, 0.3) is 5.91 Å². The summed E-state index contributed by atoms with van der Waals surface area (Å²) in [5, 5.41) is 15.5. The molecular weight excluding hydrogens is 520 g/mol. The Balaban J connectivity index is 1.73. The second kappa shape index (κ2) is 12.9. The van der Waals surface area contributed by atoms with Crippen LogP contribution in [0.4, 0.5) is 14.5 Å². The molecule has 0 radical (unpaired) electrons. The molecule has 4 rings (SSSR count). The van der Waals surface area contributed by atoms with Crippen LogP contribution in [0.3, 0.4) is 0 Å². The number of hydrogen-bond acceptors (Lipinski definition) is 6. The molecule has 0 saturated carbocycles. The highest BCUT2D eigenvalue weighted by atomic mass is 19.1. The normalized spacial score (nSPS) is 17.8. The molecule has 1 heterocycles. The molecule has 1 aliphatic heterocycles. The fraction of sp³-hybridized carbons (Fsp3) is 0.241. The number of rotatable bonds is 12. The molecule has 3 aromatic rings. The number of carbonyl (C=O) groups is 1. The molecule has 2 N–H and O–H groups in total. The van der Waals surface area contributed by atoms with Gasteiger partial charge < -0.3 is 19.9 Å². The summed E-state index contributed by atoms with van der Waals surface area (Å²) < 4.78 is 39.4. The van der Waals surface area contributed by atoms with Gasteiger partial charge in [-0.15, -0.1) is 6.58 Å². The van der Waals surface area contributed by atoms with Crippen LogP contribution in [-0.2, 0) is 16.1 Å². The number of carbonyl (C=O) groups excluding carboxylic acids is 1. The highest BCUT2D eigenvalue weighted by molar-refractivity contribution is 6.01. The van der Waals surface area contributed by atoms with Gasteiger partial charge in [0.05, 0.1) is 6.61 Å². The average Bonchev–Trinajstić information content (AvgIpc) is 3.33. The van der Waals surface area contributed by atoms with E-state index in [2.05, 4.69) is 21.9 Å². The van der Waals surface area contributed by atoms with E-state index in [-0.39, 0.29) is 36.7 Å². The van der Waals surface area contributed by atoms with Crippen molar-refractivity contribution in [1.82, 2.24) is 5.32 Å². The van der Waals surface area contributed by atoms with E-state index in [1.165, 1.54) is 6.08 Å². The Labute approximate surface area is 229 Å². The number of nitrogens with zero attached hydrogens (tertiary/aromatic N) is 4. The number of hydrogen-bond donors (Lipinski definition) is 2. The SMILES string of the molecule is C=CC[C@@]1(C(=O)NCc2cc(F)cc(F)c2)N=C(c2ccc(OCCCO)cc2)O[C@@H]1c1ccccc1N=[N+]=[N-]. The highest BCUT2D eigenvalue weighted by Crippen LogP contribution is 2.45. The monoisotopic (exact) mass is 547 g/mol. The van der Waals surface area contributed by atoms with Gasteiger partial charge >= 0.3 is 0 Å². The third-order valence-corrected chi connectivity index (χ3v) is 6.23. The first-order chi connectivity index (χ1) is 19.4. The molecule has 0 bridgehead atoms. The number of aliphatic hydroxyl groups excluding tert-OH is 1. The van der Waals surface area contributed by atoms with Gasteiger partial charge in [0.2, 0.25) is 5.90 Å². The lowest BCUT2D eigenvalue weighted by Gasteiger charge is -2.30. The molecule has 0 saturated heterocycles. The predicted molar refractivity (Wildman–Crippen MR) is 145 cm³/mol. The van der Waals surface area contributed by atoms with Gasteiger partial charge in [-0.1, -0.05) is 35.5 Å². The third kappa shape index (κ3) is 6.28. The van der Waals surface area contributed by atoms with Crippen molar-refractivity contribution in [1.29, 1.82) is 0 Å². The van der Waals surface area contributed by atoms with E-state index < -0.39 is 29.2 Å². The zero-order valence-corrected chi connectivity index (χ0v) is 21.5. The lowest BCUT2D eigenvalue weighted by atomic mass is 9.83. The predicted octanol–water partition coefficient (Wildman–Crippen LogP) is 5.82. The van der Waals surface area contributed by atoms with Gasteiger partial charge in [-0.25, -0.2) is 13.8 Å². The Morgan fingerprint density at radius 1 is 1.20 bits per heavy atom. The molecule has 9 nitrogen and oxygen atoms in total. The molecule has 1 aliphatic rings. The summed E-state index contributed by atoms with van der Waals surface area (Å²) in [4.78, 5) is 21.5. The Hall–Kier alpha value is -4.73. The van der Waals surface area contributed by atoms with Gasteiger partial charge in [0.1, 0.15) is 17.4 Å². The lowest BCUT2D eigenvalue weighted by Crippen LogP contribution is -2.47. The van der Waals surface area contributed by atoms with Crippen LogP contribution in [0.2, 0.25) is 0 Å². The van der Waals surface area contributed by atoms with Crippen LogP contribution in [0.15, 0.2) is 89.5 Å². The molecule has 3 aromatic carbocycles. The smallest absolute Gasteiger partial charge is 0.252 e. The number of aliphatic hydroxyl groups is 1. The number of halogens is 2. The fourth-order valence-corrected chi connectivity index (χ4v) is 4.41. The maximum atomic E-state index is 13.9. The molecule has 206 valence electrons. The summed E-state index contributed by atoms with van der Waals surface area (Å²) in [7, 11) is 0. The number of azide groups is 1. The van der Waals surface area contributed by atoms with Crippen molar-refractivity contribution in [2.24, 2.45) is 10.1 Å². The van der Waals surface area contributed by atoms with E-state index in [4.69, 9.17) is 25.1 Å². The highest BCUT2D eigenvalue weighted by Gasteiger charge is 2.53. The number of benzene rings is 3. The molecule has 0 unspecified atom stereocenters. The summed E-state index contributed by atoms with van der Waals surface area (Å²) in [6.07, 6.45) is 1.04. The van der Waals surface area contributed by atoms with E-state index in [1.54, 1.807) is 48.5 Å². The van der Waals surface area contributed by atoms with Gasteiger partial charge in [-0.3, -0.25) is 4.79 Å². The quantitative estimate of drug-likeness (QED) is 0.0974. The Bertz CT molecular complexity index is 1440. The number of aliphatic imine (C=N–C) groups is 1. The minimum atomic E-state index is -1.58. The number of nitrogens with one attached hydrogen (secondary N) is 1. The maximum absolute atomic E-state index is 13.9. The summed E-state index contributed by atoms with van der Waals surface area (Å²) in [6.45, 7) is 4.01. The molecule has 11 heteroatoms. The van der Waals surface area contributed by atoms with Crippen LogP contribution in [-0.4, -0.2) is 35.7 Å². The molecule has 1 amide bonds. The molecule has 0 aromatic heterocycles. The topological polar surface area (TPSA) is 129 Å². The van der Waals surface area contributed by atoms with Crippen LogP contribution >= 0.6 is 0 Å². The molecule has 0 aliphatic carbocycles. The molecular formula is C29H27F2N5O4. The molecule has 0 spiro atoms. The summed E-state index contributed by atoms with van der Waals surface area (Å²) in [5.41, 5.74) is 9.02. The third-order valence-electron chi connectivity index (χ3n) is 6.23. The largest absolute Gasteiger partial charge is 0.494 e. The minimum absolute atomic E-state index is 0.0169. The van der Waals surface area contributed by atoms with Crippen LogP contribution in [0.25, 0.3) is 10.4 Å². The van der Waals surface area contributed by atoms with Crippen molar-refractivity contribution in [3.8, 4) is 5.75 Å². The van der Waals surface area contributed by atoms with Crippen LogP contribution in [0.1, 0.15) is 35.6 Å². The van der Waals surface area contributed by atoms with E-state index in [0.717, 1.165) is 18.2 Å². The molecule has 2 atom stereocenters. The van der Waals surface area contributed by atoms with Crippen molar-refractivity contribution in [2.45, 2.75) is 31.0 Å². The number of amides is 1. The van der Waals surface area contributed by atoms with E-state index in [9.17, 15) is 13.6 Å². The Kier molecular flexibility index (Phi) is 9.11. The molecule has 40 heavy (non-hydrogen) atoms. The van der Waals surface area contributed by atoms with Gasteiger partial charge in [-0.2, -0.15) is 0 Å². The van der Waals surface area contributed by atoms with Crippen LogP contribution in [0.5, 0.6) is 5.75 Å². The van der Waals surface area contributed by atoms with Crippen molar-refractivity contribution in [3.05, 3.63) is 118 Å². The standard InChI is InChI=1S/C29H27F2N5O4/c1-2-12-29(28(38)33-18-19-15-21(30)17-22(31)16-19)26(24-6-3-4-7-25(24)35-36-32)40-27(34-29)20-8-10-23(11-9-20)39-14-5-13-37/h2-4,6-11,15-17,26,37H,1,5,12-14,18H2,(H,33,38)/t26-,29-/m1/s1. The van der Waals surface area contributed by atoms with E-state index in [1.807, 2.05) is 0 Å². The first-order valence-corrected chi connectivity index (χ1v) is 12.5. The maximum Gasteiger partial charge on any atom is 0.252 e. The Morgan fingerprint density at radius 3 is 2.60 bits per heavy atom. The van der Waals surface area contributed by atoms with Crippen molar-refractivity contribution >= 4 is 17.5 Å². The fourth-order valence-electron chi connectivity index (χ4n) is 4.41. The molecule has 0 fully saturated rings. The first kappa shape index (κ1) is 28.3. The minimum Gasteiger partial charge on any atom is -0.494 e. The number of ether oxygens (including phenoxy) is 2. The summed E-state index contributed by atoms with van der Waals surface area (Å²) in [5.74, 6) is -1.36.